The van der Waals surface area contributed by atoms with Gasteiger partial charge in [-0.1, -0.05) is 64.5 Å². The van der Waals surface area contributed by atoms with Crippen molar-refractivity contribution in [2.75, 3.05) is 19.4 Å². The minimum absolute atomic E-state index is 0.0990. The topological polar surface area (TPSA) is 81.7 Å². The number of anilines is 1. The third-order valence-electron chi connectivity index (χ3n) is 5.46. The van der Waals surface area contributed by atoms with Crippen molar-refractivity contribution in [3.05, 3.63) is 71.1 Å². The number of hydrogen-bond acceptors (Lipinski definition) is 5. The molecule has 6 heteroatoms. The lowest BCUT2D eigenvalue weighted by molar-refractivity contribution is -0.113. The summed E-state index contributed by atoms with van der Waals surface area (Å²) < 4.78 is 0. The van der Waals surface area contributed by atoms with Crippen LogP contribution in [0.5, 0.6) is 5.75 Å². The first kappa shape index (κ1) is 25.0. The lowest BCUT2D eigenvalue weighted by Crippen LogP contribution is -2.40. The number of aromatic hydroxyl groups is 1. The van der Waals surface area contributed by atoms with Crippen molar-refractivity contribution in [3.63, 3.8) is 0 Å². The summed E-state index contributed by atoms with van der Waals surface area (Å²) in [5.74, 6) is -0.711. The van der Waals surface area contributed by atoms with Gasteiger partial charge in [-0.2, -0.15) is 0 Å². The Balaban J connectivity index is 0.000000837. The zero-order valence-corrected chi connectivity index (χ0v) is 19.8. The minimum atomic E-state index is -0.315. The second kappa shape index (κ2) is 11.4. The molecule has 0 spiro atoms. The number of nitrogens with one attached hydrogen (secondary N) is 2. The molecule has 1 amide bonds. The van der Waals surface area contributed by atoms with Crippen molar-refractivity contribution in [2.45, 2.75) is 52.5 Å². The number of benzene rings is 1. The number of nitrogens with zero attached hydrogens (tertiary/aromatic N) is 1. The van der Waals surface area contributed by atoms with Crippen LogP contribution in [0.15, 0.2) is 65.5 Å². The summed E-state index contributed by atoms with van der Waals surface area (Å²) in [6.45, 7) is 10.3. The van der Waals surface area contributed by atoms with E-state index in [-0.39, 0.29) is 29.0 Å². The smallest absolute Gasteiger partial charge is 0.257 e. The molecule has 1 aromatic carbocycles. The molecule has 0 fully saturated rings. The van der Waals surface area contributed by atoms with E-state index < -0.39 is 0 Å². The minimum Gasteiger partial charge on any atom is -0.505 e. The van der Waals surface area contributed by atoms with E-state index in [2.05, 4.69) is 50.1 Å². The fraction of sp³-hybridized carbons (Fsp3) is 0.385. The highest BCUT2D eigenvalue weighted by Crippen LogP contribution is 2.35. The first-order chi connectivity index (χ1) is 15.3. The van der Waals surface area contributed by atoms with Crippen LogP contribution >= 0.6 is 0 Å². The fourth-order valence-electron chi connectivity index (χ4n) is 3.29. The van der Waals surface area contributed by atoms with Gasteiger partial charge < -0.3 is 20.6 Å². The number of phenols is 1. The Morgan fingerprint density at radius 2 is 1.88 bits per heavy atom. The van der Waals surface area contributed by atoms with Crippen molar-refractivity contribution in [2.24, 2.45) is 0 Å². The van der Waals surface area contributed by atoms with Gasteiger partial charge in [0.1, 0.15) is 5.70 Å². The van der Waals surface area contributed by atoms with Crippen LogP contribution < -0.4 is 10.6 Å². The Morgan fingerprint density at radius 1 is 1.19 bits per heavy atom. The summed E-state index contributed by atoms with van der Waals surface area (Å²) >= 11 is 0. The van der Waals surface area contributed by atoms with Crippen LogP contribution in [0.3, 0.4) is 0 Å². The maximum Gasteiger partial charge on any atom is 0.257 e. The van der Waals surface area contributed by atoms with Crippen LogP contribution in [0.4, 0.5) is 5.69 Å². The van der Waals surface area contributed by atoms with Crippen LogP contribution in [-0.4, -0.2) is 41.8 Å². The Morgan fingerprint density at radius 3 is 2.41 bits per heavy atom. The van der Waals surface area contributed by atoms with Gasteiger partial charge in [-0.3, -0.25) is 9.59 Å². The third kappa shape index (κ3) is 5.49. The number of phenolic OH excluding ortho intramolecular Hbond substituents is 1. The van der Waals surface area contributed by atoms with Crippen LogP contribution in [0.2, 0.25) is 0 Å². The molecule has 0 heterocycles. The van der Waals surface area contributed by atoms with Crippen LogP contribution in [-0.2, 0) is 4.79 Å². The maximum absolute atomic E-state index is 12.4. The normalized spacial score (nSPS) is 15.5. The first-order valence-electron chi connectivity index (χ1n) is 11.2. The van der Waals surface area contributed by atoms with Gasteiger partial charge in [0.05, 0.1) is 16.9 Å². The van der Waals surface area contributed by atoms with E-state index in [0.29, 0.717) is 22.7 Å². The van der Waals surface area contributed by atoms with E-state index >= 15 is 0 Å². The van der Waals surface area contributed by atoms with E-state index in [1.807, 2.05) is 6.08 Å². The zero-order chi connectivity index (χ0) is 23.8. The van der Waals surface area contributed by atoms with E-state index in [4.69, 9.17) is 0 Å². The summed E-state index contributed by atoms with van der Waals surface area (Å²) in [6.07, 6.45) is 10.6. The molecule has 0 aliphatic heterocycles. The van der Waals surface area contributed by atoms with Gasteiger partial charge in [0.2, 0.25) is 5.78 Å². The summed E-state index contributed by atoms with van der Waals surface area (Å²) in [5, 5.41) is 16.9. The first-order valence-corrected chi connectivity index (χ1v) is 11.2. The maximum atomic E-state index is 12.4. The molecule has 0 saturated carbocycles. The Labute approximate surface area is 191 Å². The molecule has 172 valence electrons. The average Bonchev–Trinajstić information content (AvgIpc) is 3.33. The molecule has 0 bridgehead atoms. The number of Topliss-reactive ketones (excluding diaryl/α,β-unsaturated/α-hetero) is 1. The highest BCUT2D eigenvalue weighted by molar-refractivity contribution is 6.21. The van der Waals surface area contributed by atoms with Gasteiger partial charge in [-0.15, -0.1) is 0 Å². The Kier molecular flexibility index (Phi) is 8.88. The molecule has 32 heavy (non-hydrogen) atoms. The number of ketones is 1. The van der Waals surface area contributed by atoms with Crippen molar-refractivity contribution < 1.29 is 14.7 Å². The number of amides is 1. The van der Waals surface area contributed by atoms with Gasteiger partial charge >= 0.3 is 0 Å². The van der Waals surface area contributed by atoms with Crippen LogP contribution in [0.1, 0.15) is 56.8 Å². The van der Waals surface area contributed by atoms with E-state index in [9.17, 15) is 14.7 Å². The lowest BCUT2D eigenvalue weighted by atomic mass is 9.90. The quantitative estimate of drug-likeness (QED) is 0.397. The molecule has 3 N–H and O–H groups in total. The summed E-state index contributed by atoms with van der Waals surface area (Å²) in [4.78, 5) is 26.0. The van der Waals surface area contributed by atoms with Gasteiger partial charge in [0, 0.05) is 25.7 Å². The average molecular weight is 438 g/mol. The van der Waals surface area contributed by atoms with E-state index in [0.717, 1.165) is 12.8 Å². The third-order valence-corrected chi connectivity index (χ3v) is 5.46. The van der Waals surface area contributed by atoms with Crippen molar-refractivity contribution in [3.8, 4) is 5.75 Å². The van der Waals surface area contributed by atoms with Crippen LogP contribution in [0.25, 0.3) is 0 Å². The van der Waals surface area contributed by atoms with Crippen molar-refractivity contribution in [1.82, 2.24) is 10.2 Å². The van der Waals surface area contributed by atoms with Crippen LogP contribution in [0, 0.1) is 0 Å². The summed E-state index contributed by atoms with van der Waals surface area (Å²) in [5.41, 5.74) is 3.13. The summed E-state index contributed by atoms with van der Waals surface area (Å²) in [6, 6.07) is 4.93. The van der Waals surface area contributed by atoms with Crippen molar-refractivity contribution in [1.29, 1.82) is 0 Å². The Hall–Kier alpha value is -3.28. The molecule has 6 nitrogen and oxygen atoms in total. The monoisotopic (exact) mass is 437 g/mol. The van der Waals surface area contributed by atoms with E-state index in [1.54, 1.807) is 32.3 Å². The second-order valence-electron chi connectivity index (χ2n) is 8.06. The molecule has 1 unspecified atom stereocenters. The fourth-order valence-corrected chi connectivity index (χ4v) is 3.29. The predicted molar refractivity (Wildman–Crippen MR) is 131 cm³/mol. The molecule has 2 aliphatic rings. The Bertz CT molecular complexity index is 969. The van der Waals surface area contributed by atoms with E-state index in [1.165, 1.54) is 23.3 Å². The van der Waals surface area contributed by atoms with Gasteiger partial charge in [-0.05, 0) is 30.5 Å². The molecule has 2 aliphatic carbocycles. The number of allylic oxidation sites excluding steroid dienone is 5. The highest BCUT2D eigenvalue weighted by Gasteiger charge is 2.34. The molecule has 1 atom stereocenters. The number of carbonyl (C=O) groups is 2. The number of unbranched alkanes of at least 4 members (excludes halogenated alkanes) is 1. The summed E-state index contributed by atoms with van der Waals surface area (Å²) in [7, 11) is 3.23. The van der Waals surface area contributed by atoms with Gasteiger partial charge in [0.15, 0.2) is 5.75 Å². The molecule has 3 rings (SSSR count). The number of carbonyl (C=O) groups excluding carboxylic acids is 2. The molecule has 0 saturated heterocycles. The lowest BCUT2D eigenvalue weighted by Gasteiger charge is -2.31. The van der Waals surface area contributed by atoms with Crippen molar-refractivity contribution >= 4 is 17.4 Å². The zero-order valence-electron chi connectivity index (χ0n) is 19.8. The van der Waals surface area contributed by atoms with Gasteiger partial charge in [0.25, 0.3) is 5.91 Å². The molecule has 0 aromatic heterocycles. The number of rotatable bonds is 8. The highest BCUT2D eigenvalue weighted by atomic mass is 16.3. The SMILES string of the molecule is C=C1C(=O)C(Nc2cccc(C(=O)N(C)C)c2O)=C1NC(CC)C1=CC=CC1.CCCC. The largest absolute Gasteiger partial charge is 0.505 e. The molecule has 1 aromatic rings. The number of hydrogen-bond donors (Lipinski definition) is 3. The second-order valence-corrected chi connectivity index (χ2v) is 8.06. The predicted octanol–water partition coefficient (Wildman–Crippen LogP) is 4.92. The molecular formula is C26H35N3O3. The number of para-hydroxylation sites is 1. The molecule has 0 radical (unpaired) electrons. The standard InChI is InChI=1S/C22H25N3O3.C4H10/c1-5-16(14-9-6-7-10-14)23-18-13(2)20(26)19(18)24-17-12-8-11-15(21(17)27)22(28)25(3)4;1-3-4-2/h6-9,11-12,16,23-24,27H,2,5,10H2,1,3-4H3;3-4H2,1-2H3. The molecular weight excluding hydrogens is 402 g/mol. The van der Waals surface area contributed by atoms with Gasteiger partial charge in [-0.25, -0.2) is 0 Å².